The van der Waals surface area contributed by atoms with Crippen LogP contribution in [0.4, 0.5) is 0 Å². The number of carbonyl (C=O) groups excluding carboxylic acids is 1. The Morgan fingerprint density at radius 2 is 1.50 bits per heavy atom. The van der Waals surface area contributed by atoms with Crippen LogP contribution < -0.4 is 0 Å². The number of Topliss-reactive ketones (excluding diaryl/α,β-unsaturated/α-hetero) is 1. The van der Waals surface area contributed by atoms with Crippen molar-refractivity contribution < 1.29 is 4.79 Å². The summed E-state index contributed by atoms with van der Waals surface area (Å²) in [5, 5.41) is 0. The highest BCUT2D eigenvalue weighted by Gasteiger charge is 2.09. The van der Waals surface area contributed by atoms with Gasteiger partial charge in [-0.15, -0.1) is 0 Å². The minimum atomic E-state index is 0.203. The number of rotatable bonds is 4. The molecule has 0 radical (unpaired) electrons. The summed E-state index contributed by atoms with van der Waals surface area (Å²) in [6, 6.07) is 18.4. The van der Waals surface area contributed by atoms with Crippen LogP contribution in [0.15, 0.2) is 54.6 Å². The Hall–Kier alpha value is -1.89. The van der Waals surface area contributed by atoms with Gasteiger partial charge < -0.3 is 0 Å². The lowest BCUT2D eigenvalue weighted by Crippen LogP contribution is -1.99. The lowest BCUT2D eigenvalue weighted by Gasteiger charge is -2.12. The van der Waals surface area contributed by atoms with E-state index in [9.17, 15) is 4.79 Å². The van der Waals surface area contributed by atoms with Crippen LogP contribution in [0.25, 0.3) is 0 Å². The molecule has 2 aromatic carbocycles. The van der Waals surface area contributed by atoms with E-state index in [0.29, 0.717) is 12.3 Å². The van der Waals surface area contributed by atoms with Gasteiger partial charge in [0.1, 0.15) is 0 Å². The maximum atomic E-state index is 11.6. The molecule has 0 aliphatic heterocycles. The van der Waals surface area contributed by atoms with Crippen molar-refractivity contribution in [2.75, 3.05) is 0 Å². The molecular formula is C17H18O. The molecule has 92 valence electrons. The van der Waals surface area contributed by atoms with Crippen molar-refractivity contribution in [1.82, 2.24) is 0 Å². The van der Waals surface area contributed by atoms with Crippen LogP contribution in [0.3, 0.4) is 0 Å². The molecule has 1 heteroatoms. The first-order valence-corrected chi connectivity index (χ1v) is 6.40. The molecule has 1 unspecified atom stereocenters. The number of carbonyl (C=O) groups is 1. The van der Waals surface area contributed by atoms with Crippen molar-refractivity contribution in [3.8, 4) is 0 Å². The third-order valence-corrected chi connectivity index (χ3v) is 3.35. The topological polar surface area (TPSA) is 17.1 Å². The van der Waals surface area contributed by atoms with Gasteiger partial charge in [-0.25, -0.2) is 0 Å². The molecule has 0 fully saturated rings. The maximum Gasteiger partial charge on any atom is 0.162 e. The van der Waals surface area contributed by atoms with Crippen LogP contribution in [0.5, 0.6) is 0 Å². The average Bonchev–Trinajstić information content (AvgIpc) is 2.47. The Bertz CT molecular complexity index is 511. The molecule has 2 rings (SSSR count). The van der Waals surface area contributed by atoms with Crippen LogP contribution in [0.2, 0.25) is 0 Å². The molecule has 0 N–H and O–H groups in total. The Labute approximate surface area is 108 Å². The molecule has 0 aliphatic rings. The van der Waals surface area contributed by atoms with Gasteiger partial charge in [0.25, 0.3) is 0 Å². The monoisotopic (exact) mass is 238 g/mol. The van der Waals surface area contributed by atoms with Gasteiger partial charge in [-0.3, -0.25) is 4.79 Å². The van der Waals surface area contributed by atoms with E-state index in [1.165, 1.54) is 11.1 Å². The average molecular weight is 238 g/mol. The fourth-order valence-electron chi connectivity index (χ4n) is 2.10. The summed E-state index contributed by atoms with van der Waals surface area (Å²) in [4.78, 5) is 11.6. The second-order valence-corrected chi connectivity index (χ2v) is 4.53. The van der Waals surface area contributed by atoms with Crippen LogP contribution in [0, 0.1) is 0 Å². The third-order valence-electron chi connectivity index (χ3n) is 3.35. The standard InChI is InChI=1S/C17H18O/c1-3-17(18)16-11-9-15(10-12-16)13(2)14-7-5-4-6-8-14/h4-13H,3H2,1-2H3. The zero-order valence-electron chi connectivity index (χ0n) is 10.9. The van der Waals surface area contributed by atoms with Gasteiger partial charge in [0.2, 0.25) is 0 Å². The highest BCUT2D eigenvalue weighted by molar-refractivity contribution is 5.95. The summed E-state index contributed by atoms with van der Waals surface area (Å²) in [5.74, 6) is 0.561. The van der Waals surface area contributed by atoms with Gasteiger partial charge in [-0.05, 0) is 11.1 Å². The lowest BCUT2D eigenvalue weighted by molar-refractivity contribution is 0.0988. The first-order valence-electron chi connectivity index (χ1n) is 6.40. The van der Waals surface area contributed by atoms with Crippen LogP contribution in [-0.4, -0.2) is 5.78 Å². The third kappa shape index (κ3) is 2.67. The Balaban J connectivity index is 2.22. The summed E-state index contributed by atoms with van der Waals surface area (Å²) in [6.07, 6.45) is 0.563. The summed E-state index contributed by atoms with van der Waals surface area (Å²) in [6.45, 7) is 4.08. The molecule has 0 spiro atoms. The molecule has 0 saturated heterocycles. The van der Waals surface area contributed by atoms with E-state index in [1.807, 2.05) is 25.1 Å². The predicted octanol–water partition coefficient (Wildman–Crippen LogP) is 4.43. The molecule has 1 atom stereocenters. The zero-order chi connectivity index (χ0) is 13.0. The quantitative estimate of drug-likeness (QED) is 0.720. The van der Waals surface area contributed by atoms with Crippen LogP contribution in [-0.2, 0) is 0 Å². The Morgan fingerprint density at radius 3 is 2.06 bits per heavy atom. The van der Waals surface area contributed by atoms with Gasteiger partial charge in [-0.1, -0.05) is 68.4 Å². The normalized spacial score (nSPS) is 12.1. The highest BCUT2D eigenvalue weighted by atomic mass is 16.1. The van der Waals surface area contributed by atoms with E-state index >= 15 is 0 Å². The minimum Gasteiger partial charge on any atom is -0.294 e. The Kier molecular flexibility index (Phi) is 3.93. The predicted molar refractivity (Wildman–Crippen MR) is 75.0 cm³/mol. The summed E-state index contributed by atoms with van der Waals surface area (Å²) < 4.78 is 0. The molecule has 0 heterocycles. The second-order valence-electron chi connectivity index (χ2n) is 4.53. The fraction of sp³-hybridized carbons (Fsp3) is 0.235. The van der Waals surface area contributed by atoms with Crippen molar-refractivity contribution in [3.63, 3.8) is 0 Å². The molecule has 0 saturated carbocycles. The molecule has 0 aliphatic carbocycles. The van der Waals surface area contributed by atoms with Crippen molar-refractivity contribution >= 4 is 5.78 Å². The highest BCUT2D eigenvalue weighted by Crippen LogP contribution is 2.24. The largest absolute Gasteiger partial charge is 0.294 e. The van der Waals surface area contributed by atoms with Gasteiger partial charge >= 0.3 is 0 Å². The van der Waals surface area contributed by atoms with Crippen molar-refractivity contribution in [2.24, 2.45) is 0 Å². The number of hydrogen-bond acceptors (Lipinski definition) is 1. The molecule has 2 aromatic rings. The van der Waals surface area contributed by atoms with E-state index < -0.39 is 0 Å². The summed E-state index contributed by atoms with van der Waals surface area (Å²) in [5.41, 5.74) is 3.35. The first kappa shape index (κ1) is 12.6. The second kappa shape index (κ2) is 5.63. The van der Waals surface area contributed by atoms with Gasteiger partial charge in [-0.2, -0.15) is 0 Å². The summed E-state index contributed by atoms with van der Waals surface area (Å²) in [7, 11) is 0. The first-order chi connectivity index (χ1) is 8.72. The van der Waals surface area contributed by atoms with E-state index in [2.05, 4.69) is 43.3 Å². The molecule has 0 bridgehead atoms. The number of ketones is 1. The number of hydrogen-bond donors (Lipinski definition) is 0. The van der Waals surface area contributed by atoms with Gasteiger partial charge in [0.15, 0.2) is 5.78 Å². The molecular weight excluding hydrogens is 220 g/mol. The Morgan fingerprint density at radius 1 is 0.944 bits per heavy atom. The zero-order valence-corrected chi connectivity index (χ0v) is 10.9. The van der Waals surface area contributed by atoms with Crippen molar-refractivity contribution in [3.05, 3.63) is 71.3 Å². The SMILES string of the molecule is CCC(=O)c1ccc(C(C)c2ccccc2)cc1. The van der Waals surface area contributed by atoms with Crippen molar-refractivity contribution in [1.29, 1.82) is 0 Å². The maximum absolute atomic E-state index is 11.6. The fourth-order valence-corrected chi connectivity index (χ4v) is 2.10. The molecule has 0 amide bonds. The van der Waals surface area contributed by atoms with E-state index in [-0.39, 0.29) is 5.78 Å². The van der Waals surface area contributed by atoms with Gasteiger partial charge in [0.05, 0.1) is 0 Å². The minimum absolute atomic E-state index is 0.203. The van der Waals surface area contributed by atoms with Crippen LogP contribution >= 0.6 is 0 Å². The summed E-state index contributed by atoms with van der Waals surface area (Å²) >= 11 is 0. The van der Waals surface area contributed by atoms with Crippen molar-refractivity contribution in [2.45, 2.75) is 26.2 Å². The smallest absolute Gasteiger partial charge is 0.162 e. The molecule has 18 heavy (non-hydrogen) atoms. The molecule has 1 nitrogen and oxygen atoms in total. The van der Waals surface area contributed by atoms with E-state index in [0.717, 1.165) is 5.56 Å². The van der Waals surface area contributed by atoms with Gasteiger partial charge in [0, 0.05) is 17.9 Å². The lowest BCUT2D eigenvalue weighted by atomic mass is 9.92. The van der Waals surface area contributed by atoms with E-state index in [1.54, 1.807) is 0 Å². The van der Waals surface area contributed by atoms with E-state index in [4.69, 9.17) is 0 Å². The van der Waals surface area contributed by atoms with Crippen LogP contribution in [0.1, 0.15) is 47.7 Å². The number of benzene rings is 2. The molecule has 0 aromatic heterocycles.